The minimum Gasteiger partial charge on any atom is -0.465 e. The molecule has 0 aromatic heterocycles. The summed E-state index contributed by atoms with van der Waals surface area (Å²) in [5.74, 6) is -0.524. The summed E-state index contributed by atoms with van der Waals surface area (Å²) in [6.07, 6.45) is 1.97. The van der Waals surface area contributed by atoms with E-state index in [1.807, 2.05) is 0 Å². The van der Waals surface area contributed by atoms with E-state index in [0.29, 0.717) is 26.0 Å². The minimum atomic E-state index is -0.975. The average Bonchev–Trinajstić information content (AvgIpc) is 2.42. The van der Waals surface area contributed by atoms with E-state index in [-0.39, 0.29) is 11.9 Å². The molecule has 1 atom stereocenters. The summed E-state index contributed by atoms with van der Waals surface area (Å²) in [6, 6.07) is 0. The zero-order valence-electron chi connectivity index (χ0n) is 12.3. The summed E-state index contributed by atoms with van der Waals surface area (Å²) >= 11 is 0. The van der Waals surface area contributed by atoms with Crippen molar-refractivity contribution in [3.05, 3.63) is 0 Å². The molecule has 0 saturated carbocycles. The molecule has 0 spiro atoms. The van der Waals surface area contributed by atoms with Crippen molar-refractivity contribution >= 4 is 11.9 Å². The largest absolute Gasteiger partial charge is 0.465 e. The number of amides is 1. The molecule has 5 nitrogen and oxygen atoms in total. The first-order chi connectivity index (χ1) is 9.10. The normalized spacial score (nSPS) is 23.3. The highest BCUT2D eigenvalue weighted by Crippen LogP contribution is 2.33. The maximum Gasteiger partial charge on any atom is 0.321 e. The Balaban J connectivity index is 2.79. The van der Waals surface area contributed by atoms with Crippen LogP contribution in [0.15, 0.2) is 0 Å². The van der Waals surface area contributed by atoms with Crippen LogP contribution in [0.2, 0.25) is 0 Å². The Morgan fingerprint density at radius 1 is 1.37 bits per heavy atom. The van der Waals surface area contributed by atoms with E-state index in [2.05, 4.69) is 24.1 Å². The van der Waals surface area contributed by atoms with Crippen LogP contribution >= 0.6 is 0 Å². The summed E-state index contributed by atoms with van der Waals surface area (Å²) < 4.78 is 5.14. The standard InChI is InChI=1S/C14H26N2O3/c1-4-16(5-2)11-9-14(13(18)19-6-3)8-7-10-15-12(14)17/h4-11H2,1-3H3,(H,15,17)/t14-/m0/s1. The molecule has 0 radical (unpaired) electrons. The molecule has 0 bridgehead atoms. The zero-order chi connectivity index (χ0) is 14.3. The molecule has 110 valence electrons. The van der Waals surface area contributed by atoms with E-state index >= 15 is 0 Å². The molecule has 0 aliphatic carbocycles. The van der Waals surface area contributed by atoms with Gasteiger partial charge in [0.15, 0.2) is 0 Å². The Morgan fingerprint density at radius 2 is 2.05 bits per heavy atom. The van der Waals surface area contributed by atoms with Crippen LogP contribution in [0.3, 0.4) is 0 Å². The van der Waals surface area contributed by atoms with Gasteiger partial charge < -0.3 is 15.0 Å². The topological polar surface area (TPSA) is 58.6 Å². The van der Waals surface area contributed by atoms with Gasteiger partial charge in [-0.15, -0.1) is 0 Å². The number of carbonyl (C=O) groups is 2. The molecule has 1 rings (SSSR count). The lowest BCUT2D eigenvalue weighted by Gasteiger charge is -2.35. The number of rotatable bonds is 7. The second-order valence-electron chi connectivity index (χ2n) is 4.94. The number of hydrogen-bond acceptors (Lipinski definition) is 4. The van der Waals surface area contributed by atoms with Gasteiger partial charge in [-0.2, -0.15) is 0 Å². The molecule has 1 heterocycles. The monoisotopic (exact) mass is 270 g/mol. The van der Waals surface area contributed by atoms with Gasteiger partial charge in [0.05, 0.1) is 6.61 Å². The van der Waals surface area contributed by atoms with Gasteiger partial charge in [0.1, 0.15) is 5.41 Å². The Kier molecular flexibility index (Phi) is 6.28. The zero-order valence-corrected chi connectivity index (χ0v) is 12.3. The number of nitrogens with one attached hydrogen (secondary N) is 1. The number of piperidine rings is 1. The third-order valence-corrected chi connectivity index (χ3v) is 3.92. The molecule has 0 unspecified atom stereocenters. The number of nitrogens with zero attached hydrogens (tertiary/aromatic N) is 1. The molecule has 1 aliphatic rings. The summed E-state index contributed by atoms with van der Waals surface area (Å²) in [6.45, 7) is 9.53. The van der Waals surface area contributed by atoms with Crippen molar-refractivity contribution in [2.75, 3.05) is 32.8 Å². The maximum atomic E-state index is 12.2. The molecule has 19 heavy (non-hydrogen) atoms. The van der Waals surface area contributed by atoms with E-state index in [9.17, 15) is 9.59 Å². The first-order valence-corrected chi connectivity index (χ1v) is 7.28. The third kappa shape index (κ3) is 3.69. The van der Waals surface area contributed by atoms with Gasteiger partial charge in [0, 0.05) is 6.54 Å². The van der Waals surface area contributed by atoms with Crippen LogP contribution in [-0.2, 0) is 14.3 Å². The number of hydrogen-bond donors (Lipinski definition) is 1. The lowest BCUT2D eigenvalue weighted by Crippen LogP contribution is -2.52. The molecule has 1 fully saturated rings. The second-order valence-corrected chi connectivity index (χ2v) is 4.94. The maximum absolute atomic E-state index is 12.2. The predicted molar refractivity (Wildman–Crippen MR) is 73.7 cm³/mol. The first-order valence-electron chi connectivity index (χ1n) is 7.28. The lowest BCUT2D eigenvalue weighted by molar-refractivity contribution is -0.163. The van der Waals surface area contributed by atoms with E-state index in [1.54, 1.807) is 6.92 Å². The van der Waals surface area contributed by atoms with Crippen molar-refractivity contribution in [1.29, 1.82) is 0 Å². The van der Waals surface area contributed by atoms with Crippen LogP contribution in [-0.4, -0.2) is 49.6 Å². The van der Waals surface area contributed by atoms with Crippen molar-refractivity contribution in [2.45, 2.75) is 40.0 Å². The van der Waals surface area contributed by atoms with Gasteiger partial charge in [-0.05, 0) is 45.8 Å². The Bertz CT molecular complexity index is 316. The van der Waals surface area contributed by atoms with Gasteiger partial charge in [-0.3, -0.25) is 9.59 Å². The highest BCUT2D eigenvalue weighted by molar-refractivity contribution is 6.03. The number of esters is 1. The van der Waals surface area contributed by atoms with Crippen LogP contribution < -0.4 is 5.32 Å². The number of carbonyl (C=O) groups excluding carboxylic acids is 2. The van der Waals surface area contributed by atoms with Gasteiger partial charge in [-0.1, -0.05) is 13.8 Å². The predicted octanol–water partition coefficient (Wildman–Crippen LogP) is 1.18. The van der Waals surface area contributed by atoms with Crippen LogP contribution in [0, 0.1) is 5.41 Å². The van der Waals surface area contributed by atoms with Gasteiger partial charge >= 0.3 is 5.97 Å². The third-order valence-electron chi connectivity index (χ3n) is 3.92. The Labute approximate surface area is 115 Å². The van der Waals surface area contributed by atoms with Crippen molar-refractivity contribution in [3.8, 4) is 0 Å². The minimum absolute atomic E-state index is 0.163. The van der Waals surface area contributed by atoms with Gasteiger partial charge in [0.25, 0.3) is 0 Å². The molecular formula is C14H26N2O3. The molecule has 1 amide bonds. The number of ether oxygens (including phenoxy) is 1. The molecule has 1 aliphatic heterocycles. The molecule has 0 aromatic rings. The second kappa shape index (κ2) is 7.48. The summed E-state index contributed by atoms with van der Waals surface area (Å²) in [4.78, 5) is 26.6. The van der Waals surface area contributed by atoms with Crippen LogP contribution in [0.1, 0.15) is 40.0 Å². The molecule has 5 heteroatoms. The molecular weight excluding hydrogens is 244 g/mol. The van der Waals surface area contributed by atoms with E-state index in [0.717, 1.165) is 26.1 Å². The lowest BCUT2D eigenvalue weighted by atomic mass is 9.76. The average molecular weight is 270 g/mol. The van der Waals surface area contributed by atoms with Crippen LogP contribution in [0.5, 0.6) is 0 Å². The van der Waals surface area contributed by atoms with Crippen molar-refractivity contribution in [2.24, 2.45) is 5.41 Å². The van der Waals surface area contributed by atoms with Gasteiger partial charge in [-0.25, -0.2) is 0 Å². The molecule has 1 N–H and O–H groups in total. The molecule has 0 aromatic carbocycles. The summed E-state index contributed by atoms with van der Waals surface area (Å²) in [5, 5.41) is 2.81. The Hall–Kier alpha value is -1.10. The van der Waals surface area contributed by atoms with Crippen molar-refractivity contribution in [3.63, 3.8) is 0 Å². The summed E-state index contributed by atoms with van der Waals surface area (Å²) in [5.41, 5.74) is -0.975. The van der Waals surface area contributed by atoms with Gasteiger partial charge in [0.2, 0.25) is 5.91 Å². The highest BCUT2D eigenvalue weighted by atomic mass is 16.5. The fourth-order valence-electron chi connectivity index (χ4n) is 2.57. The van der Waals surface area contributed by atoms with Crippen molar-refractivity contribution in [1.82, 2.24) is 10.2 Å². The SMILES string of the molecule is CCOC(=O)[C@]1(CCN(CC)CC)CCCNC1=O. The van der Waals surface area contributed by atoms with Crippen LogP contribution in [0.4, 0.5) is 0 Å². The first kappa shape index (κ1) is 16.0. The summed E-state index contributed by atoms with van der Waals surface area (Å²) in [7, 11) is 0. The van der Waals surface area contributed by atoms with E-state index < -0.39 is 5.41 Å². The highest BCUT2D eigenvalue weighted by Gasteiger charge is 2.48. The van der Waals surface area contributed by atoms with Crippen molar-refractivity contribution < 1.29 is 14.3 Å². The fraction of sp³-hybridized carbons (Fsp3) is 0.857. The Morgan fingerprint density at radius 3 is 2.58 bits per heavy atom. The van der Waals surface area contributed by atoms with E-state index in [4.69, 9.17) is 4.74 Å². The molecule has 1 saturated heterocycles. The fourth-order valence-corrected chi connectivity index (χ4v) is 2.57. The van der Waals surface area contributed by atoms with E-state index in [1.165, 1.54) is 0 Å². The van der Waals surface area contributed by atoms with Crippen LogP contribution in [0.25, 0.3) is 0 Å². The quantitative estimate of drug-likeness (QED) is 0.557. The smallest absolute Gasteiger partial charge is 0.321 e.